The highest BCUT2D eigenvalue weighted by molar-refractivity contribution is 7.90. The summed E-state index contributed by atoms with van der Waals surface area (Å²) < 4.78 is 26.0. The van der Waals surface area contributed by atoms with E-state index in [1.807, 2.05) is 69.4 Å². The SMILES string of the molecule is C=Cc1ccccc1/C(=C\C)C(C)NC(=O)Nc1ccc(S(=O)(=O)Cc2ccc3c(c2)CN(C)C3)cc1. The summed E-state index contributed by atoms with van der Waals surface area (Å²) in [6, 6.07) is 19.5. The predicted octanol–water partition coefficient (Wildman–Crippen LogP) is 5.86. The van der Waals surface area contributed by atoms with E-state index in [1.165, 1.54) is 23.3 Å². The maximum atomic E-state index is 13.0. The maximum absolute atomic E-state index is 13.0. The zero-order valence-corrected chi connectivity index (χ0v) is 22.3. The standard InChI is InChI=1S/C30H33N3O3S/c1-5-23-9-7-8-10-29(23)28(6-2)21(3)31-30(34)32-26-13-15-27(16-14-26)37(35,36)20-22-11-12-24-18-33(4)19-25(24)17-22/h5-17,21H,1,18-20H2,2-4H3,(H2,31,32,34)/b28-6-. The van der Waals surface area contributed by atoms with Gasteiger partial charge < -0.3 is 10.6 Å². The zero-order chi connectivity index (χ0) is 26.6. The van der Waals surface area contributed by atoms with Gasteiger partial charge in [-0.1, -0.05) is 61.2 Å². The lowest BCUT2D eigenvalue weighted by atomic mass is 9.94. The number of urea groups is 1. The van der Waals surface area contributed by atoms with Crippen LogP contribution in [0.1, 0.15) is 41.7 Å². The second kappa shape index (κ2) is 11.2. The molecule has 2 N–H and O–H groups in total. The molecule has 1 aliphatic rings. The number of nitrogens with one attached hydrogen (secondary N) is 2. The van der Waals surface area contributed by atoms with Crippen LogP contribution >= 0.6 is 0 Å². The average Bonchev–Trinajstić information content (AvgIpc) is 3.24. The van der Waals surface area contributed by atoms with Crippen molar-refractivity contribution in [2.75, 3.05) is 12.4 Å². The molecule has 1 aliphatic heterocycles. The molecule has 0 bridgehead atoms. The number of benzene rings is 3. The first-order valence-corrected chi connectivity index (χ1v) is 13.9. The molecule has 37 heavy (non-hydrogen) atoms. The predicted molar refractivity (Wildman–Crippen MR) is 151 cm³/mol. The van der Waals surface area contributed by atoms with E-state index in [2.05, 4.69) is 22.1 Å². The highest BCUT2D eigenvalue weighted by atomic mass is 32.2. The molecular weight excluding hydrogens is 482 g/mol. The third kappa shape index (κ3) is 6.18. The quantitative estimate of drug-likeness (QED) is 0.394. The van der Waals surface area contributed by atoms with E-state index in [4.69, 9.17) is 0 Å². The number of rotatable bonds is 8. The Balaban J connectivity index is 1.39. The van der Waals surface area contributed by atoms with Crippen molar-refractivity contribution in [3.8, 4) is 0 Å². The molecule has 7 heteroatoms. The van der Waals surface area contributed by atoms with Crippen LogP contribution in [0.4, 0.5) is 10.5 Å². The Kier molecular flexibility index (Phi) is 7.95. The van der Waals surface area contributed by atoms with Gasteiger partial charge in [-0.25, -0.2) is 13.2 Å². The molecule has 0 fully saturated rings. The molecule has 1 unspecified atom stereocenters. The van der Waals surface area contributed by atoms with E-state index >= 15 is 0 Å². The smallest absolute Gasteiger partial charge is 0.319 e. The lowest BCUT2D eigenvalue weighted by molar-refractivity contribution is 0.251. The molecule has 6 nitrogen and oxygen atoms in total. The number of anilines is 1. The first kappa shape index (κ1) is 26.4. The van der Waals surface area contributed by atoms with Crippen molar-refractivity contribution in [2.24, 2.45) is 0 Å². The van der Waals surface area contributed by atoms with Crippen LogP contribution in [-0.2, 0) is 28.7 Å². The van der Waals surface area contributed by atoms with Gasteiger partial charge in [-0.2, -0.15) is 0 Å². The van der Waals surface area contributed by atoms with Gasteiger partial charge in [-0.05, 0) is 78.6 Å². The first-order valence-electron chi connectivity index (χ1n) is 12.3. The molecule has 0 aliphatic carbocycles. The van der Waals surface area contributed by atoms with Gasteiger partial charge >= 0.3 is 6.03 Å². The van der Waals surface area contributed by atoms with E-state index in [-0.39, 0.29) is 22.7 Å². The summed E-state index contributed by atoms with van der Waals surface area (Å²) in [4.78, 5) is 15.1. The molecule has 0 aromatic heterocycles. The van der Waals surface area contributed by atoms with Gasteiger partial charge in [0.05, 0.1) is 16.7 Å². The molecule has 0 spiro atoms. The van der Waals surface area contributed by atoms with E-state index < -0.39 is 9.84 Å². The normalized spacial score (nSPS) is 14.6. The topological polar surface area (TPSA) is 78.5 Å². The van der Waals surface area contributed by atoms with Crippen molar-refractivity contribution in [3.63, 3.8) is 0 Å². The highest BCUT2D eigenvalue weighted by Gasteiger charge is 2.20. The molecule has 1 heterocycles. The molecule has 0 radical (unpaired) electrons. The fraction of sp³-hybridized carbons (Fsp3) is 0.233. The second-order valence-corrected chi connectivity index (χ2v) is 11.4. The van der Waals surface area contributed by atoms with Crippen LogP contribution < -0.4 is 10.6 Å². The molecule has 4 rings (SSSR count). The Hall–Kier alpha value is -3.68. The van der Waals surface area contributed by atoms with Crippen molar-refractivity contribution >= 4 is 33.2 Å². The number of amides is 2. The van der Waals surface area contributed by atoms with Crippen molar-refractivity contribution < 1.29 is 13.2 Å². The van der Waals surface area contributed by atoms with Gasteiger partial charge in [0.2, 0.25) is 0 Å². The number of carbonyl (C=O) groups excluding carboxylic acids is 1. The Morgan fingerprint density at radius 3 is 2.46 bits per heavy atom. The molecule has 192 valence electrons. The third-order valence-electron chi connectivity index (χ3n) is 6.60. The lowest BCUT2D eigenvalue weighted by Gasteiger charge is -2.20. The summed E-state index contributed by atoms with van der Waals surface area (Å²) >= 11 is 0. The summed E-state index contributed by atoms with van der Waals surface area (Å²) in [7, 11) is -1.47. The summed E-state index contributed by atoms with van der Waals surface area (Å²) in [5.41, 5.74) is 6.71. The van der Waals surface area contributed by atoms with Gasteiger partial charge in [0.15, 0.2) is 9.84 Å². The summed E-state index contributed by atoms with van der Waals surface area (Å²) in [5, 5.41) is 5.75. The lowest BCUT2D eigenvalue weighted by Crippen LogP contribution is -2.36. The first-order chi connectivity index (χ1) is 17.7. The van der Waals surface area contributed by atoms with Gasteiger partial charge in [0.25, 0.3) is 0 Å². The highest BCUT2D eigenvalue weighted by Crippen LogP contribution is 2.26. The molecular formula is C30H33N3O3S. The van der Waals surface area contributed by atoms with Crippen molar-refractivity contribution in [2.45, 2.75) is 43.6 Å². The maximum Gasteiger partial charge on any atom is 0.319 e. The van der Waals surface area contributed by atoms with Crippen LogP contribution in [0.25, 0.3) is 11.6 Å². The minimum atomic E-state index is -3.52. The number of carbonyl (C=O) groups is 1. The summed E-state index contributed by atoms with van der Waals surface area (Å²) in [6.45, 7) is 9.46. The average molecular weight is 516 g/mol. The molecule has 0 saturated carbocycles. The Morgan fingerprint density at radius 1 is 1.05 bits per heavy atom. The van der Waals surface area contributed by atoms with E-state index in [0.29, 0.717) is 5.69 Å². The van der Waals surface area contributed by atoms with Gasteiger partial charge in [0.1, 0.15) is 0 Å². The van der Waals surface area contributed by atoms with Gasteiger partial charge in [-0.15, -0.1) is 0 Å². The van der Waals surface area contributed by atoms with Gasteiger partial charge in [-0.3, -0.25) is 4.90 Å². The van der Waals surface area contributed by atoms with Crippen LogP contribution in [0.15, 0.2) is 84.3 Å². The molecule has 3 aromatic rings. The van der Waals surface area contributed by atoms with Crippen LogP contribution in [0.2, 0.25) is 0 Å². The number of nitrogens with zero attached hydrogens (tertiary/aromatic N) is 1. The van der Waals surface area contributed by atoms with E-state index in [0.717, 1.165) is 35.4 Å². The van der Waals surface area contributed by atoms with Gasteiger partial charge in [0, 0.05) is 18.8 Å². The third-order valence-corrected chi connectivity index (χ3v) is 8.30. The fourth-order valence-electron chi connectivity index (χ4n) is 4.77. The number of fused-ring (bicyclic) bond motifs is 1. The van der Waals surface area contributed by atoms with Crippen LogP contribution in [-0.4, -0.2) is 32.4 Å². The Bertz CT molecular complexity index is 1440. The second-order valence-electron chi connectivity index (χ2n) is 9.41. The number of hydrogen-bond acceptors (Lipinski definition) is 4. The van der Waals surface area contributed by atoms with Crippen molar-refractivity contribution in [3.05, 3.63) is 107 Å². The summed E-state index contributed by atoms with van der Waals surface area (Å²) in [6.07, 6.45) is 3.77. The van der Waals surface area contributed by atoms with Crippen LogP contribution in [0.3, 0.4) is 0 Å². The minimum absolute atomic E-state index is 0.0624. The Morgan fingerprint density at radius 2 is 1.76 bits per heavy atom. The zero-order valence-electron chi connectivity index (χ0n) is 21.5. The fourth-order valence-corrected chi connectivity index (χ4v) is 6.11. The molecule has 0 saturated heterocycles. The van der Waals surface area contributed by atoms with Crippen molar-refractivity contribution in [1.82, 2.24) is 10.2 Å². The monoisotopic (exact) mass is 515 g/mol. The van der Waals surface area contributed by atoms with E-state index in [9.17, 15) is 13.2 Å². The molecule has 2 amide bonds. The van der Waals surface area contributed by atoms with Crippen LogP contribution in [0, 0.1) is 0 Å². The molecule has 1 atom stereocenters. The number of hydrogen-bond donors (Lipinski definition) is 2. The van der Waals surface area contributed by atoms with Crippen molar-refractivity contribution in [1.29, 1.82) is 0 Å². The number of allylic oxidation sites excluding steroid dienone is 1. The summed E-state index contributed by atoms with van der Waals surface area (Å²) in [5.74, 6) is -0.0624. The van der Waals surface area contributed by atoms with Crippen LogP contribution in [0.5, 0.6) is 0 Å². The Labute approximate surface area is 219 Å². The molecule has 3 aromatic carbocycles. The largest absolute Gasteiger partial charge is 0.331 e. The van der Waals surface area contributed by atoms with E-state index in [1.54, 1.807) is 18.2 Å². The number of sulfone groups is 1. The minimum Gasteiger partial charge on any atom is -0.331 e.